The van der Waals surface area contributed by atoms with Crippen LogP contribution < -0.4 is 49.1 Å². The number of aliphatic imine (C=N–C) groups is 3. The van der Waals surface area contributed by atoms with E-state index in [4.69, 9.17) is 33.2 Å². The Morgan fingerprint density at radius 2 is 0.670 bits per heavy atom. The number of benzene rings is 4. The number of carbonyl (C=O) groups is 1. The molecule has 4 rings (SSSR count). The summed E-state index contributed by atoms with van der Waals surface area (Å²) in [5.41, 5.74) is 3.36. The van der Waals surface area contributed by atoms with E-state index in [0.29, 0.717) is 5.75 Å². The molecular formula is C83H56N6O14. The predicted molar refractivity (Wildman–Crippen MR) is 390 cm³/mol. The van der Waals surface area contributed by atoms with E-state index < -0.39 is 31.0 Å². The summed E-state index contributed by atoms with van der Waals surface area (Å²) >= 11 is 0. The summed E-state index contributed by atoms with van der Waals surface area (Å²) in [6.07, 6.45) is 11.6. The second-order valence-corrected chi connectivity index (χ2v) is 17.5. The van der Waals surface area contributed by atoms with Crippen molar-refractivity contribution in [3.05, 3.63) is 119 Å². The molecule has 0 aliphatic heterocycles. The van der Waals surface area contributed by atoms with Crippen LogP contribution in [0.3, 0.4) is 0 Å². The molecule has 0 bridgehead atoms. The van der Waals surface area contributed by atoms with E-state index in [0.717, 1.165) is 40.5 Å². The molecule has 103 heavy (non-hydrogen) atoms. The highest BCUT2D eigenvalue weighted by atomic mass is 16.6. The topological polar surface area (TPSA) is 267 Å². The summed E-state index contributed by atoms with van der Waals surface area (Å²) in [5, 5.41) is 40.0. The van der Waals surface area contributed by atoms with Crippen LogP contribution in [0.5, 0.6) is 46.0 Å². The Bertz CT molecular complexity index is 5070. The number of hydrogen-bond donors (Lipinski definition) is 6. The molecule has 502 valence electrons. The van der Waals surface area contributed by atoms with Gasteiger partial charge in [0.25, 0.3) is 19.1 Å². The molecule has 20 heteroatoms. The van der Waals surface area contributed by atoms with Gasteiger partial charge >= 0.3 is 6.09 Å². The van der Waals surface area contributed by atoms with Crippen LogP contribution >= 0.6 is 0 Å². The predicted octanol–water partition coefficient (Wildman–Crippen LogP) is 7.23. The van der Waals surface area contributed by atoms with Gasteiger partial charge in [0.1, 0.15) is 0 Å². The van der Waals surface area contributed by atoms with Gasteiger partial charge in [-0.05, 0) is 206 Å². The summed E-state index contributed by atoms with van der Waals surface area (Å²) in [5.74, 6) is 84.9. The van der Waals surface area contributed by atoms with Gasteiger partial charge in [-0.25, -0.2) is 29.8 Å². The molecule has 4 aromatic rings. The molecule has 0 aliphatic rings. The lowest BCUT2D eigenvalue weighted by molar-refractivity contribution is -0.103. The third kappa shape index (κ3) is 37.2. The average molecular weight is 1360 g/mol. The standard InChI is InChI=1S/C69H43N3O9.C10H12O2.C4HN3O3/c1-8-12-13-14-15-16-17-18-19-20-21-22-23-24-25-26-27-28-29-30-31-32-33-34-35-36-37-38-39-40-41-42-43-53-69(70-66(73)79-60-50-47-57(44-9-2)54-63(60)76-5,71-67(74)80-61-51-48-58(45-10-3)55-64(61)77-6)72-68(75)81-62-52-49-59(46-11-4)56-65(62)78-7;1-3-4-8-5-6-9(11)10(7-8)12-2;8-1-5-4(6-2-9)7-3-10/h9-11,44-52,54-56,66-67,70-71,73-74H,1-7H3,(H,72,75);3-7,11H,1-2H3;4H. The number of amides is 1. The number of phenols is 1. The van der Waals surface area contributed by atoms with E-state index in [1.54, 1.807) is 67.6 Å². The fourth-order valence-electron chi connectivity index (χ4n) is 6.73. The third-order valence-corrected chi connectivity index (χ3v) is 10.7. The Kier molecular flexibility index (Phi) is 43.2. The molecule has 20 nitrogen and oxygen atoms in total. The fraction of sp³-hybridized carbons (Fsp3) is 0.157. The zero-order valence-corrected chi connectivity index (χ0v) is 56.5. The molecule has 0 radical (unpaired) electrons. The molecule has 1 amide bonds. The molecule has 0 aliphatic carbocycles. The maximum absolute atomic E-state index is 13.9. The molecule has 0 fully saturated rings. The van der Waals surface area contributed by atoms with Crippen LogP contribution in [0.4, 0.5) is 4.79 Å². The number of aliphatic hydroxyl groups is 2. The molecule has 0 saturated carbocycles. The van der Waals surface area contributed by atoms with Crippen molar-refractivity contribution in [2.24, 2.45) is 15.0 Å². The normalized spacial score (nSPS) is 9.89. The van der Waals surface area contributed by atoms with Crippen molar-refractivity contribution in [2.45, 2.75) is 59.5 Å². The van der Waals surface area contributed by atoms with Crippen LogP contribution in [0.2, 0.25) is 0 Å². The first-order chi connectivity index (χ1) is 50.2. The minimum absolute atomic E-state index is 0.00970. The quantitative estimate of drug-likeness (QED) is 0.0208. The smallest absolute Gasteiger partial charge is 0.416 e. The van der Waals surface area contributed by atoms with Crippen LogP contribution in [-0.2, 0) is 14.4 Å². The third-order valence-electron chi connectivity index (χ3n) is 10.7. The lowest BCUT2D eigenvalue weighted by Gasteiger charge is -2.34. The van der Waals surface area contributed by atoms with Crippen LogP contribution in [0, 0.1) is 201 Å². The molecule has 0 spiro atoms. The summed E-state index contributed by atoms with van der Waals surface area (Å²) in [6, 6.07) is 20.0. The number of isocyanates is 3. The Morgan fingerprint density at radius 3 is 0.961 bits per heavy atom. The second-order valence-electron chi connectivity index (χ2n) is 17.5. The largest absolute Gasteiger partial charge is 0.504 e. The summed E-state index contributed by atoms with van der Waals surface area (Å²) in [4.78, 5) is 50.9. The van der Waals surface area contributed by atoms with Gasteiger partial charge in [-0.15, -0.1) is 0 Å². The molecule has 2 unspecified atom stereocenters. The number of nitrogens with zero attached hydrogens (tertiary/aromatic N) is 3. The molecule has 0 heterocycles. The minimum atomic E-state index is -2.40. The number of carbonyl (C=O) groups excluding carboxylic acids is 4. The number of ether oxygens (including phenoxy) is 7. The number of rotatable bonds is 21. The van der Waals surface area contributed by atoms with Crippen LogP contribution in [0.15, 0.2) is 112 Å². The van der Waals surface area contributed by atoms with Crippen LogP contribution in [-0.4, -0.2) is 93.0 Å². The molecule has 4 aromatic carbocycles. The van der Waals surface area contributed by atoms with Crippen molar-refractivity contribution in [3.63, 3.8) is 0 Å². The lowest BCUT2D eigenvalue weighted by atomic mass is 10.2. The zero-order valence-electron chi connectivity index (χ0n) is 56.5. The van der Waals surface area contributed by atoms with E-state index in [1.807, 2.05) is 82.4 Å². The minimum Gasteiger partial charge on any atom is -0.504 e. The maximum Gasteiger partial charge on any atom is 0.416 e. The number of methoxy groups -OCH3 is 4. The fourth-order valence-corrected chi connectivity index (χ4v) is 6.73. The number of allylic oxidation sites excluding steroid dienone is 4. The van der Waals surface area contributed by atoms with Gasteiger partial charge in [-0.1, -0.05) is 78.8 Å². The summed E-state index contributed by atoms with van der Waals surface area (Å²) < 4.78 is 38.8. The van der Waals surface area contributed by atoms with Gasteiger partial charge in [0.2, 0.25) is 24.0 Å². The Balaban J connectivity index is 0.00000139. The SMILES string of the molecule is CC#CC#CC#CC#CC#CC#CC#CC#CC#CC#CC#CC#CC#CC#CC#CC#CC#CC(NC(=O)Oc1ccc(C=CC)cc1OC)(NC(O)Oc1ccc(C=CC)cc1OC)NC(O)Oc1ccc(C=CC)cc1OC.CC=Cc1ccc(O)c(OC)c1.O=C=NC(N=C=O)N=C=O. The number of aliphatic hydroxyl groups excluding tert-OH is 2. The highest BCUT2D eigenvalue weighted by molar-refractivity contribution is 5.73. The van der Waals surface area contributed by atoms with E-state index in [1.165, 1.54) is 34.5 Å². The monoisotopic (exact) mass is 1360 g/mol. The van der Waals surface area contributed by atoms with Crippen molar-refractivity contribution in [3.8, 4) is 247 Å². The highest BCUT2D eigenvalue weighted by Crippen LogP contribution is 2.32. The Hall–Kier alpha value is -15.8. The summed E-state index contributed by atoms with van der Waals surface area (Å²) in [6.45, 7) is 9.18. The summed E-state index contributed by atoms with van der Waals surface area (Å²) in [7, 11) is 5.79. The van der Waals surface area contributed by atoms with Gasteiger partial charge in [0.15, 0.2) is 46.0 Å². The Morgan fingerprint density at radius 1 is 0.398 bits per heavy atom. The first-order valence-electron chi connectivity index (χ1n) is 29.1. The first kappa shape index (κ1) is 83.3. The van der Waals surface area contributed by atoms with Crippen molar-refractivity contribution < 1.29 is 67.7 Å². The molecular weight excluding hydrogens is 1300 g/mol. The number of phenolic OH excluding ortho intramolecular Hbond substituents is 1. The van der Waals surface area contributed by atoms with Crippen molar-refractivity contribution >= 4 is 48.6 Å². The molecule has 0 saturated heterocycles. The van der Waals surface area contributed by atoms with E-state index >= 15 is 0 Å². The lowest BCUT2D eigenvalue weighted by Crippen LogP contribution is -2.72. The van der Waals surface area contributed by atoms with Gasteiger partial charge in [-0.2, -0.15) is 15.0 Å². The number of nitrogens with one attached hydrogen (secondary N) is 3. The second kappa shape index (κ2) is 53.5. The number of aromatic hydroxyl groups is 1. The molecule has 2 atom stereocenters. The van der Waals surface area contributed by atoms with Gasteiger partial charge in [0.05, 0.1) is 28.4 Å². The van der Waals surface area contributed by atoms with Crippen molar-refractivity contribution in [1.82, 2.24) is 16.0 Å². The zero-order chi connectivity index (χ0) is 75.2. The first-order valence-corrected chi connectivity index (χ1v) is 29.1. The highest BCUT2D eigenvalue weighted by Gasteiger charge is 2.37. The average Bonchev–Trinajstić information content (AvgIpc) is 0.833. The Labute approximate surface area is 599 Å². The van der Waals surface area contributed by atoms with Gasteiger partial charge < -0.3 is 48.5 Å². The van der Waals surface area contributed by atoms with Crippen LogP contribution in [0.25, 0.3) is 24.3 Å². The van der Waals surface area contributed by atoms with Crippen molar-refractivity contribution in [2.75, 3.05) is 28.4 Å². The van der Waals surface area contributed by atoms with E-state index in [-0.39, 0.29) is 40.2 Å². The van der Waals surface area contributed by atoms with Crippen LogP contribution in [0.1, 0.15) is 56.9 Å². The van der Waals surface area contributed by atoms with Gasteiger partial charge in [-0.3, -0.25) is 5.32 Å². The molecule has 0 aromatic heterocycles. The van der Waals surface area contributed by atoms with E-state index in [9.17, 15) is 34.5 Å². The van der Waals surface area contributed by atoms with Gasteiger partial charge in [0, 0.05) is 94.7 Å². The van der Waals surface area contributed by atoms with Crippen molar-refractivity contribution in [1.29, 1.82) is 0 Å². The number of hydrogen-bond acceptors (Lipinski definition) is 19. The maximum atomic E-state index is 13.9. The molecule has 6 N–H and O–H groups in total. The van der Waals surface area contributed by atoms with E-state index in [2.05, 4.69) is 232 Å².